The van der Waals surface area contributed by atoms with Crippen molar-refractivity contribution >= 4 is 39.9 Å². The number of carbonyl (C=O) groups excluding carboxylic acids is 3. The number of nitrogens with one attached hydrogen (secondary N) is 1. The van der Waals surface area contributed by atoms with Crippen LogP contribution in [0.5, 0.6) is 0 Å². The molecule has 0 fully saturated rings. The van der Waals surface area contributed by atoms with E-state index in [-0.39, 0.29) is 27.7 Å². The molecule has 1 amide bonds. The first-order chi connectivity index (χ1) is 14.1. The summed E-state index contributed by atoms with van der Waals surface area (Å²) >= 11 is 0.895. The molecule has 12 heteroatoms. The molecule has 0 bridgehead atoms. The second-order valence-corrected chi connectivity index (χ2v) is 7.56. The van der Waals surface area contributed by atoms with E-state index in [2.05, 4.69) is 10.4 Å². The highest BCUT2D eigenvalue weighted by atomic mass is 32.1. The number of nitro groups is 1. The molecular formula is C18H22N4O7S. The Morgan fingerprint density at radius 3 is 2.50 bits per heavy atom. The highest BCUT2D eigenvalue weighted by molar-refractivity contribution is 7.18. The van der Waals surface area contributed by atoms with Gasteiger partial charge in [-0.2, -0.15) is 5.10 Å². The van der Waals surface area contributed by atoms with Crippen molar-refractivity contribution < 1.29 is 28.8 Å². The van der Waals surface area contributed by atoms with Crippen molar-refractivity contribution in [3.05, 3.63) is 38.5 Å². The fourth-order valence-electron chi connectivity index (χ4n) is 2.48. The third-order valence-electron chi connectivity index (χ3n) is 3.97. The lowest BCUT2D eigenvalue weighted by Gasteiger charge is -2.13. The van der Waals surface area contributed by atoms with E-state index in [4.69, 9.17) is 9.47 Å². The molecule has 0 aromatic carbocycles. The normalized spacial score (nSPS) is 11.8. The van der Waals surface area contributed by atoms with Gasteiger partial charge in [0.1, 0.15) is 28.3 Å². The van der Waals surface area contributed by atoms with E-state index in [1.165, 1.54) is 6.92 Å². The number of rotatable bonds is 8. The van der Waals surface area contributed by atoms with Crippen LogP contribution in [0.15, 0.2) is 12.4 Å². The van der Waals surface area contributed by atoms with Crippen LogP contribution < -0.4 is 5.32 Å². The van der Waals surface area contributed by atoms with Gasteiger partial charge >= 0.3 is 17.6 Å². The molecule has 0 saturated carbocycles. The zero-order valence-corrected chi connectivity index (χ0v) is 17.9. The molecule has 1 atom stereocenters. The largest absolute Gasteiger partial charge is 0.462 e. The Labute approximate surface area is 176 Å². The zero-order chi connectivity index (χ0) is 22.6. The Morgan fingerprint density at radius 2 is 1.97 bits per heavy atom. The first kappa shape index (κ1) is 23.0. The number of ether oxygens (including phenoxy) is 2. The van der Waals surface area contributed by atoms with Crippen molar-refractivity contribution in [3.8, 4) is 0 Å². The lowest BCUT2D eigenvalue weighted by molar-refractivity contribution is -0.385. The van der Waals surface area contributed by atoms with Gasteiger partial charge in [-0.15, -0.1) is 11.3 Å². The fourth-order valence-corrected chi connectivity index (χ4v) is 3.57. The van der Waals surface area contributed by atoms with Gasteiger partial charge in [-0.05, 0) is 40.2 Å². The second kappa shape index (κ2) is 9.48. The summed E-state index contributed by atoms with van der Waals surface area (Å²) in [6.45, 7) is 8.22. The zero-order valence-electron chi connectivity index (χ0n) is 17.1. The van der Waals surface area contributed by atoms with Crippen molar-refractivity contribution in [2.45, 2.75) is 46.8 Å². The molecule has 0 aliphatic heterocycles. The maximum atomic E-state index is 12.7. The van der Waals surface area contributed by atoms with E-state index in [1.54, 1.807) is 27.7 Å². The summed E-state index contributed by atoms with van der Waals surface area (Å²) in [7, 11) is 0. The lowest BCUT2D eigenvalue weighted by atomic mass is 10.1. The van der Waals surface area contributed by atoms with E-state index >= 15 is 0 Å². The molecule has 1 unspecified atom stereocenters. The second-order valence-electron chi connectivity index (χ2n) is 6.54. The van der Waals surface area contributed by atoms with Crippen LogP contribution in [-0.2, 0) is 14.3 Å². The van der Waals surface area contributed by atoms with Gasteiger partial charge in [0, 0.05) is 0 Å². The maximum absolute atomic E-state index is 12.7. The average Bonchev–Trinajstić information content (AvgIpc) is 3.26. The molecule has 0 spiro atoms. The monoisotopic (exact) mass is 438 g/mol. The van der Waals surface area contributed by atoms with Crippen LogP contribution in [0.1, 0.15) is 59.3 Å². The molecule has 0 saturated heterocycles. The van der Waals surface area contributed by atoms with Gasteiger partial charge in [-0.3, -0.25) is 19.6 Å². The maximum Gasteiger partial charge on any atom is 0.348 e. The first-order valence-electron chi connectivity index (χ1n) is 9.07. The number of anilines is 1. The van der Waals surface area contributed by atoms with E-state index in [0.717, 1.165) is 28.4 Å². The number of hydrogen-bond donors (Lipinski definition) is 1. The molecule has 162 valence electrons. The Balaban J connectivity index is 2.36. The minimum absolute atomic E-state index is 0.0590. The average molecular weight is 438 g/mol. The predicted octanol–water partition coefficient (Wildman–Crippen LogP) is 3.10. The molecular weight excluding hydrogens is 416 g/mol. The standard InChI is InChI=1S/C18H22N4O7S/c1-6-28-18(25)14-10(4)13(17(24)29-9(2)3)16(30-14)20-15(23)11(5)21-8-12(7-19-21)22(26)27/h7-9,11H,6H2,1-5H3,(H,20,23). The van der Waals surface area contributed by atoms with Crippen LogP contribution in [0.2, 0.25) is 0 Å². The van der Waals surface area contributed by atoms with Gasteiger partial charge in [-0.1, -0.05) is 0 Å². The van der Waals surface area contributed by atoms with E-state index in [1.807, 2.05) is 0 Å². The number of hydrogen-bond acceptors (Lipinski definition) is 9. The lowest BCUT2D eigenvalue weighted by Crippen LogP contribution is -2.24. The van der Waals surface area contributed by atoms with E-state index in [0.29, 0.717) is 5.56 Å². The van der Waals surface area contributed by atoms with Crippen LogP contribution in [-0.4, -0.2) is 45.3 Å². The summed E-state index contributed by atoms with van der Waals surface area (Å²) in [6.07, 6.45) is 1.75. The van der Waals surface area contributed by atoms with Crippen LogP contribution in [0, 0.1) is 17.0 Å². The highest BCUT2D eigenvalue weighted by Crippen LogP contribution is 2.35. The predicted molar refractivity (Wildman–Crippen MR) is 108 cm³/mol. The van der Waals surface area contributed by atoms with Gasteiger partial charge in [0.15, 0.2) is 0 Å². The molecule has 0 radical (unpaired) electrons. The molecule has 1 N–H and O–H groups in total. The smallest absolute Gasteiger partial charge is 0.348 e. The third kappa shape index (κ3) is 5.00. The van der Waals surface area contributed by atoms with E-state index < -0.39 is 34.9 Å². The van der Waals surface area contributed by atoms with Gasteiger partial charge in [-0.25, -0.2) is 9.59 Å². The fraction of sp³-hybridized carbons (Fsp3) is 0.444. The van der Waals surface area contributed by atoms with Crippen molar-refractivity contribution in [2.24, 2.45) is 0 Å². The van der Waals surface area contributed by atoms with Gasteiger partial charge in [0.25, 0.3) is 0 Å². The highest BCUT2D eigenvalue weighted by Gasteiger charge is 2.29. The van der Waals surface area contributed by atoms with Gasteiger partial charge < -0.3 is 14.8 Å². The molecule has 30 heavy (non-hydrogen) atoms. The molecule has 2 heterocycles. The summed E-state index contributed by atoms with van der Waals surface area (Å²) in [5.41, 5.74) is 0.137. The molecule has 0 aliphatic rings. The number of nitrogens with zero attached hydrogens (tertiary/aromatic N) is 3. The molecule has 2 aromatic rings. The Morgan fingerprint density at radius 1 is 1.30 bits per heavy atom. The molecule has 2 aromatic heterocycles. The summed E-state index contributed by atoms with van der Waals surface area (Å²) in [6, 6.07) is -0.916. The topological polar surface area (TPSA) is 143 Å². The number of aromatic nitrogens is 2. The molecule has 11 nitrogen and oxygen atoms in total. The van der Waals surface area contributed by atoms with Crippen LogP contribution in [0.4, 0.5) is 10.7 Å². The number of esters is 2. The van der Waals surface area contributed by atoms with Crippen LogP contribution in [0.3, 0.4) is 0 Å². The minimum Gasteiger partial charge on any atom is -0.462 e. The Hall–Kier alpha value is -3.28. The molecule has 0 aliphatic carbocycles. The summed E-state index contributed by atoms with van der Waals surface area (Å²) in [4.78, 5) is 47.9. The Bertz CT molecular complexity index is 979. The SMILES string of the molecule is CCOC(=O)c1sc(NC(=O)C(C)n2cc([N+](=O)[O-])cn2)c(C(=O)OC(C)C)c1C. The summed E-state index contributed by atoms with van der Waals surface area (Å²) in [5.74, 6) is -1.88. The number of thiophene rings is 1. The number of amides is 1. The van der Waals surface area contributed by atoms with Crippen molar-refractivity contribution in [1.82, 2.24) is 9.78 Å². The summed E-state index contributed by atoms with van der Waals surface area (Å²) in [5, 5.41) is 17.4. The minimum atomic E-state index is -0.916. The van der Waals surface area contributed by atoms with Gasteiger partial charge in [0.2, 0.25) is 5.91 Å². The summed E-state index contributed by atoms with van der Waals surface area (Å²) < 4.78 is 11.4. The molecule has 2 rings (SSSR count). The van der Waals surface area contributed by atoms with Crippen molar-refractivity contribution in [3.63, 3.8) is 0 Å². The van der Waals surface area contributed by atoms with Crippen LogP contribution in [0.25, 0.3) is 0 Å². The van der Waals surface area contributed by atoms with Crippen molar-refractivity contribution in [2.75, 3.05) is 11.9 Å². The quantitative estimate of drug-likeness (QED) is 0.376. The van der Waals surface area contributed by atoms with Crippen LogP contribution >= 0.6 is 11.3 Å². The van der Waals surface area contributed by atoms with Crippen molar-refractivity contribution in [1.29, 1.82) is 0 Å². The van der Waals surface area contributed by atoms with E-state index in [9.17, 15) is 24.5 Å². The van der Waals surface area contributed by atoms with Gasteiger partial charge in [0.05, 0.1) is 23.2 Å². The number of carbonyl (C=O) groups is 3. The Kier molecular flexibility index (Phi) is 7.27. The first-order valence-corrected chi connectivity index (χ1v) is 9.89. The third-order valence-corrected chi connectivity index (χ3v) is 5.15.